The number of benzene rings is 2. The first kappa shape index (κ1) is 36.2. The molecule has 46 heavy (non-hydrogen) atoms. The van der Waals surface area contributed by atoms with E-state index >= 15 is 0 Å². The van der Waals surface area contributed by atoms with Gasteiger partial charge in [0.1, 0.15) is 4.98 Å². The SMILES string of the molecule is CN1CCC(c2ccccc2)CC1C1CCCC(F)(F)C1.N#CBr.N#CN1CCC(c2ccccc2)CC1C1CCCC(F)(F)C1. The van der Waals surface area contributed by atoms with Crippen LogP contribution in [0.15, 0.2) is 60.7 Å². The van der Waals surface area contributed by atoms with Crippen molar-refractivity contribution in [2.75, 3.05) is 20.1 Å². The lowest BCUT2D eigenvalue weighted by molar-refractivity contribution is -0.0701. The van der Waals surface area contributed by atoms with E-state index in [9.17, 15) is 22.8 Å². The zero-order chi connectivity index (χ0) is 33.2. The van der Waals surface area contributed by atoms with Gasteiger partial charge >= 0.3 is 0 Å². The smallest absolute Gasteiger partial charge is 0.248 e. The Morgan fingerprint density at radius 3 is 1.59 bits per heavy atom. The fraction of sp³-hybridized carbons (Fsp3) is 0.622. The van der Waals surface area contributed by atoms with Crippen LogP contribution in [-0.2, 0) is 0 Å². The number of nitrogens with zero attached hydrogens (tertiary/aromatic N) is 4. The van der Waals surface area contributed by atoms with Crippen molar-refractivity contribution in [3.63, 3.8) is 0 Å². The average Bonchev–Trinajstić information content (AvgIpc) is 3.05. The van der Waals surface area contributed by atoms with Crippen molar-refractivity contribution in [3.8, 4) is 11.2 Å². The van der Waals surface area contributed by atoms with E-state index in [0.29, 0.717) is 37.3 Å². The van der Waals surface area contributed by atoms with Gasteiger partial charge in [-0.25, -0.2) is 17.6 Å². The maximum atomic E-state index is 13.8. The Balaban J connectivity index is 0.000000193. The second-order valence-corrected chi connectivity index (χ2v) is 14.0. The van der Waals surface area contributed by atoms with E-state index in [1.54, 1.807) is 9.88 Å². The minimum Gasteiger partial charge on any atom is -0.307 e. The van der Waals surface area contributed by atoms with Gasteiger partial charge in [-0.05, 0) is 99.8 Å². The molecule has 9 heteroatoms. The molecule has 6 unspecified atom stereocenters. The van der Waals surface area contributed by atoms with Crippen LogP contribution in [0.25, 0.3) is 0 Å². The van der Waals surface area contributed by atoms with Gasteiger partial charge in [0.2, 0.25) is 11.8 Å². The summed E-state index contributed by atoms with van der Waals surface area (Å²) in [4.78, 5) is 5.64. The molecule has 2 aliphatic carbocycles. The normalized spacial score (nSPS) is 30.7. The molecular formula is C37H47BrF4N4. The minimum atomic E-state index is -2.55. The van der Waals surface area contributed by atoms with Gasteiger partial charge in [0.25, 0.3) is 0 Å². The van der Waals surface area contributed by atoms with Crippen LogP contribution < -0.4 is 0 Å². The van der Waals surface area contributed by atoms with Crippen LogP contribution in [0.1, 0.15) is 100 Å². The highest BCUT2D eigenvalue weighted by Crippen LogP contribution is 2.45. The molecule has 2 aromatic rings. The zero-order valence-corrected chi connectivity index (χ0v) is 28.4. The molecule has 0 radical (unpaired) electrons. The molecule has 4 fully saturated rings. The Morgan fingerprint density at radius 2 is 1.13 bits per heavy atom. The van der Waals surface area contributed by atoms with Crippen molar-refractivity contribution in [2.24, 2.45) is 11.8 Å². The van der Waals surface area contributed by atoms with Crippen molar-refractivity contribution >= 4 is 15.9 Å². The van der Waals surface area contributed by atoms with E-state index < -0.39 is 11.8 Å². The molecule has 4 aliphatic rings. The van der Waals surface area contributed by atoms with Crippen LogP contribution in [0, 0.1) is 33.5 Å². The second-order valence-electron chi connectivity index (χ2n) is 13.7. The number of halogens is 5. The average molecular weight is 704 g/mol. The highest BCUT2D eigenvalue weighted by atomic mass is 79.9. The van der Waals surface area contributed by atoms with Crippen molar-refractivity contribution in [2.45, 2.75) is 113 Å². The first-order chi connectivity index (χ1) is 22.1. The molecule has 2 saturated heterocycles. The maximum absolute atomic E-state index is 13.8. The number of likely N-dealkylation sites (tertiary alicyclic amines) is 2. The summed E-state index contributed by atoms with van der Waals surface area (Å²) < 4.78 is 55.0. The van der Waals surface area contributed by atoms with E-state index in [0.717, 1.165) is 45.1 Å². The largest absolute Gasteiger partial charge is 0.307 e. The summed E-state index contributed by atoms with van der Waals surface area (Å²) in [6, 6.07) is 21.1. The van der Waals surface area contributed by atoms with E-state index in [4.69, 9.17) is 5.26 Å². The molecule has 2 heterocycles. The van der Waals surface area contributed by atoms with Crippen molar-refractivity contribution in [1.29, 1.82) is 10.5 Å². The zero-order valence-electron chi connectivity index (χ0n) is 26.8. The van der Waals surface area contributed by atoms with Crippen molar-refractivity contribution < 1.29 is 17.6 Å². The van der Waals surface area contributed by atoms with E-state index in [2.05, 4.69) is 70.5 Å². The van der Waals surface area contributed by atoms with E-state index in [-0.39, 0.29) is 43.6 Å². The van der Waals surface area contributed by atoms with Gasteiger partial charge in [-0.1, -0.05) is 60.7 Å². The predicted octanol–water partition coefficient (Wildman–Crippen LogP) is 10.1. The lowest BCUT2D eigenvalue weighted by atomic mass is 9.74. The standard InChI is InChI=1S/C18H22F2N2.C18H25F2N.CBrN/c19-18(20)9-4-7-16(12-18)17-11-15(8-10-22(17)13-21)14-5-2-1-3-6-14;1-21-11-9-15(14-6-3-2-4-7-14)12-17(21)16-8-5-10-18(19,20)13-16;2-1-3/h1-3,5-6,15-17H,4,7-12H2;2-4,6-7,15-17H,5,8-13H2,1H3;. The highest BCUT2D eigenvalue weighted by Gasteiger charge is 2.44. The van der Waals surface area contributed by atoms with Crippen LogP contribution in [-0.4, -0.2) is 53.9 Å². The van der Waals surface area contributed by atoms with E-state index in [1.807, 2.05) is 24.3 Å². The lowest BCUT2D eigenvalue weighted by Gasteiger charge is -2.44. The van der Waals surface area contributed by atoms with Gasteiger partial charge in [0.05, 0.1) is 0 Å². The number of hydrogen-bond acceptors (Lipinski definition) is 4. The summed E-state index contributed by atoms with van der Waals surface area (Å²) in [5, 5.41) is 16.6. The molecule has 0 aromatic heterocycles. The maximum Gasteiger partial charge on any atom is 0.248 e. The first-order valence-corrected chi connectivity index (χ1v) is 17.6. The molecule has 2 saturated carbocycles. The fourth-order valence-electron chi connectivity index (χ4n) is 8.37. The highest BCUT2D eigenvalue weighted by molar-refractivity contribution is 9.12. The number of nitriles is 2. The van der Waals surface area contributed by atoms with Gasteiger partial charge in [-0.2, -0.15) is 10.5 Å². The number of hydrogen-bond donors (Lipinski definition) is 0. The first-order valence-electron chi connectivity index (χ1n) is 16.8. The van der Waals surface area contributed by atoms with Crippen LogP contribution in [0.2, 0.25) is 0 Å². The summed E-state index contributed by atoms with van der Waals surface area (Å²) in [7, 11) is 2.11. The molecule has 6 rings (SSSR count). The molecule has 4 nitrogen and oxygen atoms in total. The number of rotatable bonds is 4. The summed E-state index contributed by atoms with van der Waals surface area (Å²) in [5.74, 6) is -3.98. The summed E-state index contributed by atoms with van der Waals surface area (Å²) in [6.07, 6.45) is 9.31. The van der Waals surface area contributed by atoms with Gasteiger partial charge in [0, 0.05) is 60.2 Å². The Hall–Kier alpha value is -2.62. The van der Waals surface area contributed by atoms with Gasteiger partial charge in [0.15, 0.2) is 6.19 Å². The third-order valence-electron chi connectivity index (χ3n) is 10.7. The molecular weight excluding hydrogens is 656 g/mol. The van der Waals surface area contributed by atoms with Gasteiger partial charge in [-0.3, -0.25) is 0 Å². The monoisotopic (exact) mass is 702 g/mol. The van der Waals surface area contributed by atoms with E-state index in [1.165, 1.54) is 11.1 Å². The Kier molecular flexibility index (Phi) is 13.4. The summed E-state index contributed by atoms with van der Waals surface area (Å²) in [5.41, 5.74) is 2.64. The van der Waals surface area contributed by atoms with Crippen molar-refractivity contribution in [3.05, 3.63) is 71.8 Å². The molecule has 2 aromatic carbocycles. The Labute approximate surface area is 280 Å². The third-order valence-corrected chi connectivity index (χ3v) is 10.7. The van der Waals surface area contributed by atoms with Crippen LogP contribution >= 0.6 is 15.9 Å². The number of piperidine rings is 2. The van der Waals surface area contributed by atoms with Crippen LogP contribution in [0.3, 0.4) is 0 Å². The minimum absolute atomic E-state index is 0.00485. The quantitative estimate of drug-likeness (QED) is 0.235. The molecule has 0 amide bonds. The summed E-state index contributed by atoms with van der Waals surface area (Å²) >= 11 is 2.45. The fourth-order valence-corrected chi connectivity index (χ4v) is 8.37. The van der Waals surface area contributed by atoms with Crippen LogP contribution in [0.5, 0.6) is 0 Å². The topological polar surface area (TPSA) is 54.1 Å². The van der Waals surface area contributed by atoms with Gasteiger partial charge in [-0.15, -0.1) is 0 Å². The third kappa shape index (κ3) is 10.2. The molecule has 0 bridgehead atoms. The summed E-state index contributed by atoms with van der Waals surface area (Å²) in [6.45, 7) is 1.70. The van der Waals surface area contributed by atoms with Crippen LogP contribution in [0.4, 0.5) is 17.6 Å². The molecule has 250 valence electrons. The van der Waals surface area contributed by atoms with Crippen molar-refractivity contribution in [1.82, 2.24) is 9.80 Å². The van der Waals surface area contributed by atoms with Gasteiger partial charge < -0.3 is 9.80 Å². The Morgan fingerprint density at radius 1 is 0.696 bits per heavy atom. The second kappa shape index (κ2) is 17.0. The Bertz CT molecular complexity index is 1280. The molecule has 0 spiro atoms. The molecule has 6 atom stereocenters. The predicted molar refractivity (Wildman–Crippen MR) is 178 cm³/mol. The number of alkyl halides is 4. The molecule has 0 N–H and O–H groups in total. The lowest BCUT2D eigenvalue weighted by Crippen LogP contribution is -2.46. The molecule has 2 aliphatic heterocycles.